The van der Waals surface area contributed by atoms with E-state index in [-0.39, 0.29) is 17.5 Å². The van der Waals surface area contributed by atoms with Crippen molar-refractivity contribution in [1.29, 1.82) is 0 Å². The molecule has 0 bridgehead atoms. The molecule has 1 saturated carbocycles. The summed E-state index contributed by atoms with van der Waals surface area (Å²) >= 11 is 3.12. The van der Waals surface area contributed by atoms with Gasteiger partial charge in [0.2, 0.25) is 5.91 Å². The van der Waals surface area contributed by atoms with Crippen molar-refractivity contribution in [2.45, 2.75) is 66.8 Å². The topological polar surface area (TPSA) is 58.4 Å². The van der Waals surface area contributed by atoms with E-state index in [1.54, 1.807) is 11.8 Å². The van der Waals surface area contributed by atoms with E-state index in [2.05, 4.69) is 36.1 Å². The van der Waals surface area contributed by atoms with Gasteiger partial charge in [-0.1, -0.05) is 56.1 Å². The Morgan fingerprint density at radius 2 is 1.82 bits per heavy atom. The number of anilines is 1. The van der Waals surface area contributed by atoms with E-state index in [1.807, 2.05) is 15.5 Å². The first kappa shape index (κ1) is 22.8. The lowest BCUT2D eigenvalue weighted by Crippen LogP contribution is -2.49. The normalized spacial score (nSPS) is 21.3. The van der Waals surface area contributed by atoms with Gasteiger partial charge in [0.05, 0.1) is 16.3 Å². The van der Waals surface area contributed by atoms with Crippen LogP contribution >= 0.6 is 23.5 Å². The SMILES string of the molecule is CC1Cc2nc(SCC(=O)N3CCN(c4ccccc4)CC3)n(C3CCCCC3)c(=O)c2S1. The molecule has 1 saturated heterocycles. The Labute approximate surface area is 204 Å². The summed E-state index contributed by atoms with van der Waals surface area (Å²) in [6.45, 7) is 5.31. The van der Waals surface area contributed by atoms with Crippen LogP contribution in [-0.4, -0.2) is 57.5 Å². The zero-order valence-electron chi connectivity index (χ0n) is 19.2. The Morgan fingerprint density at radius 1 is 1.09 bits per heavy atom. The molecular formula is C25H32N4O2S2. The van der Waals surface area contributed by atoms with Crippen molar-refractivity contribution in [2.24, 2.45) is 0 Å². The molecule has 6 nitrogen and oxygen atoms in total. The number of nitrogens with zero attached hydrogens (tertiary/aromatic N) is 4. The van der Waals surface area contributed by atoms with Gasteiger partial charge in [0.25, 0.3) is 5.56 Å². The maximum Gasteiger partial charge on any atom is 0.268 e. The summed E-state index contributed by atoms with van der Waals surface area (Å²) in [7, 11) is 0. The van der Waals surface area contributed by atoms with Crippen LogP contribution in [0.5, 0.6) is 0 Å². The molecule has 1 atom stereocenters. The number of piperazine rings is 1. The molecule has 2 aliphatic heterocycles. The van der Waals surface area contributed by atoms with Crippen LogP contribution in [0.15, 0.2) is 45.2 Å². The molecule has 33 heavy (non-hydrogen) atoms. The first-order valence-electron chi connectivity index (χ1n) is 12.1. The molecule has 3 aliphatic rings. The molecular weight excluding hydrogens is 452 g/mol. The van der Waals surface area contributed by atoms with Crippen molar-refractivity contribution in [1.82, 2.24) is 14.5 Å². The number of aromatic nitrogens is 2. The molecule has 8 heteroatoms. The molecule has 2 fully saturated rings. The van der Waals surface area contributed by atoms with E-state index in [0.717, 1.165) is 74.0 Å². The number of carbonyl (C=O) groups excluding carboxylic acids is 1. The lowest BCUT2D eigenvalue weighted by Gasteiger charge is -2.36. The summed E-state index contributed by atoms with van der Waals surface area (Å²) in [5, 5.41) is 1.14. The number of hydrogen-bond donors (Lipinski definition) is 0. The van der Waals surface area contributed by atoms with E-state index in [0.29, 0.717) is 11.0 Å². The predicted molar refractivity (Wildman–Crippen MR) is 136 cm³/mol. The summed E-state index contributed by atoms with van der Waals surface area (Å²) in [5.41, 5.74) is 2.26. The van der Waals surface area contributed by atoms with Crippen LogP contribution in [0.4, 0.5) is 5.69 Å². The Morgan fingerprint density at radius 3 is 2.55 bits per heavy atom. The minimum absolute atomic E-state index is 0.118. The zero-order valence-corrected chi connectivity index (χ0v) is 20.9. The van der Waals surface area contributed by atoms with Gasteiger partial charge in [-0.2, -0.15) is 0 Å². The summed E-state index contributed by atoms with van der Waals surface area (Å²) in [5.74, 6) is 0.479. The molecule has 1 amide bonds. The smallest absolute Gasteiger partial charge is 0.268 e. The maximum atomic E-state index is 13.4. The fraction of sp³-hybridized carbons (Fsp3) is 0.560. The number of rotatable bonds is 5. The Kier molecular flexibility index (Phi) is 7.02. The average Bonchev–Trinajstić information content (AvgIpc) is 3.24. The third kappa shape index (κ3) is 4.97. The Hall–Kier alpha value is -1.93. The van der Waals surface area contributed by atoms with Crippen LogP contribution in [0, 0.1) is 0 Å². The molecule has 3 heterocycles. The third-order valence-electron chi connectivity index (χ3n) is 6.93. The van der Waals surface area contributed by atoms with Gasteiger partial charge in [-0.15, -0.1) is 11.8 Å². The monoisotopic (exact) mass is 484 g/mol. The van der Waals surface area contributed by atoms with E-state index in [9.17, 15) is 9.59 Å². The van der Waals surface area contributed by atoms with Gasteiger partial charge in [-0.25, -0.2) is 4.98 Å². The molecule has 0 N–H and O–H groups in total. The van der Waals surface area contributed by atoms with E-state index in [1.165, 1.54) is 23.9 Å². The van der Waals surface area contributed by atoms with Crippen LogP contribution in [0.25, 0.3) is 0 Å². The molecule has 5 rings (SSSR count). The van der Waals surface area contributed by atoms with Gasteiger partial charge in [-0.05, 0) is 25.0 Å². The minimum atomic E-state index is 0.118. The molecule has 0 radical (unpaired) electrons. The van der Waals surface area contributed by atoms with Crippen LogP contribution in [-0.2, 0) is 11.2 Å². The van der Waals surface area contributed by atoms with Gasteiger partial charge < -0.3 is 9.80 Å². The van der Waals surface area contributed by atoms with Crippen molar-refractivity contribution < 1.29 is 4.79 Å². The fourth-order valence-electron chi connectivity index (χ4n) is 5.15. The van der Waals surface area contributed by atoms with Crippen molar-refractivity contribution in [3.63, 3.8) is 0 Å². The third-order valence-corrected chi connectivity index (χ3v) is 9.08. The van der Waals surface area contributed by atoms with Crippen LogP contribution < -0.4 is 10.5 Å². The van der Waals surface area contributed by atoms with Crippen molar-refractivity contribution >= 4 is 35.1 Å². The lowest BCUT2D eigenvalue weighted by atomic mass is 9.95. The second kappa shape index (κ2) is 10.1. The summed E-state index contributed by atoms with van der Waals surface area (Å²) < 4.78 is 1.94. The van der Waals surface area contributed by atoms with Gasteiger partial charge >= 0.3 is 0 Å². The molecule has 2 aromatic rings. The van der Waals surface area contributed by atoms with Crippen molar-refractivity contribution in [3.05, 3.63) is 46.4 Å². The first-order chi connectivity index (χ1) is 16.1. The zero-order chi connectivity index (χ0) is 22.8. The predicted octanol–water partition coefficient (Wildman–Crippen LogP) is 4.23. The molecule has 1 aliphatic carbocycles. The van der Waals surface area contributed by atoms with Crippen LogP contribution in [0.1, 0.15) is 50.8 Å². The summed E-state index contributed by atoms with van der Waals surface area (Å²) in [6, 6.07) is 10.6. The second-order valence-electron chi connectivity index (χ2n) is 9.26. The number of thioether (sulfide) groups is 2. The molecule has 176 valence electrons. The van der Waals surface area contributed by atoms with E-state index in [4.69, 9.17) is 4.98 Å². The number of amides is 1. The fourth-order valence-corrected chi connectivity index (χ4v) is 7.23. The van der Waals surface area contributed by atoms with Crippen molar-refractivity contribution in [2.75, 3.05) is 36.8 Å². The first-order valence-corrected chi connectivity index (χ1v) is 14.0. The quantitative estimate of drug-likeness (QED) is 0.468. The van der Waals surface area contributed by atoms with Gasteiger partial charge in [-0.3, -0.25) is 14.2 Å². The van der Waals surface area contributed by atoms with Crippen LogP contribution in [0.2, 0.25) is 0 Å². The standard InChI is InChI=1S/C25H32N4O2S2/c1-18-16-21-23(33-18)24(31)29(20-10-6-3-7-11-20)25(26-21)32-17-22(30)28-14-12-27(13-15-28)19-8-4-2-5-9-19/h2,4-5,8-9,18,20H,3,6-7,10-17H2,1H3. The number of carbonyl (C=O) groups is 1. The van der Waals surface area contributed by atoms with Gasteiger partial charge in [0.1, 0.15) is 0 Å². The van der Waals surface area contributed by atoms with Crippen LogP contribution in [0.3, 0.4) is 0 Å². The number of benzene rings is 1. The largest absolute Gasteiger partial charge is 0.368 e. The minimum Gasteiger partial charge on any atom is -0.368 e. The summed E-state index contributed by atoms with van der Waals surface area (Å²) in [6.07, 6.45) is 6.46. The molecule has 1 aromatic carbocycles. The van der Waals surface area contributed by atoms with E-state index >= 15 is 0 Å². The number of para-hydroxylation sites is 1. The molecule has 1 aromatic heterocycles. The number of hydrogen-bond acceptors (Lipinski definition) is 6. The van der Waals surface area contributed by atoms with Crippen molar-refractivity contribution in [3.8, 4) is 0 Å². The average molecular weight is 485 g/mol. The highest BCUT2D eigenvalue weighted by atomic mass is 32.2. The van der Waals surface area contributed by atoms with Gasteiger partial charge in [0.15, 0.2) is 5.16 Å². The second-order valence-corrected chi connectivity index (χ2v) is 11.7. The Balaban J connectivity index is 1.27. The summed E-state index contributed by atoms with van der Waals surface area (Å²) in [4.78, 5) is 36.5. The molecule has 0 spiro atoms. The maximum absolute atomic E-state index is 13.4. The lowest BCUT2D eigenvalue weighted by molar-refractivity contribution is -0.128. The highest BCUT2D eigenvalue weighted by Gasteiger charge is 2.30. The molecule has 1 unspecified atom stereocenters. The highest BCUT2D eigenvalue weighted by molar-refractivity contribution is 8.00. The van der Waals surface area contributed by atoms with Gasteiger partial charge in [0, 0.05) is 49.6 Å². The Bertz CT molecular complexity index is 1040. The van der Waals surface area contributed by atoms with E-state index < -0.39 is 0 Å². The highest BCUT2D eigenvalue weighted by Crippen LogP contribution is 2.37. The number of fused-ring (bicyclic) bond motifs is 1.